The lowest BCUT2D eigenvalue weighted by atomic mass is 10.0. The quantitative estimate of drug-likeness (QED) is 0.481. The zero-order valence-corrected chi connectivity index (χ0v) is 14.8. The van der Waals surface area contributed by atoms with E-state index in [-0.39, 0.29) is 0 Å². The van der Waals surface area contributed by atoms with Crippen molar-refractivity contribution in [2.45, 2.75) is 6.92 Å². The van der Waals surface area contributed by atoms with Gasteiger partial charge in [-0.1, -0.05) is 18.2 Å². The molecule has 0 atom stereocenters. The smallest absolute Gasteiger partial charge is 0.109 e. The van der Waals surface area contributed by atoms with E-state index in [0.717, 1.165) is 50.2 Å². The molecule has 0 saturated heterocycles. The topological polar surface area (TPSA) is 70.2 Å². The monoisotopic (exact) mass is 351 g/mol. The molecule has 0 saturated carbocycles. The van der Waals surface area contributed by atoms with Crippen molar-refractivity contribution in [3.05, 3.63) is 78.9 Å². The van der Waals surface area contributed by atoms with Crippen molar-refractivity contribution >= 4 is 10.9 Å². The SMILES string of the molecule is Cc1ccncc1-c1cc(-c2cc3c(-c4cccnc4)cccc3[nH]2)n[nH]1. The fraction of sp³-hybridized carbons (Fsp3) is 0.0455. The van der Waals surface area contributed by atoms with E-state index in [9.17, 15) is 0 Å². The maximum atomic E-state index is 4.51. The van der Waals surface area contributed by atoms with Crippen molar-refractivity contribution < 1.29 is 0 Å². The Kier molecular flexibility index (Phi) is 3.57. The summed E-state index contributed by atoms with van der Waals surface area (Å²) in [5.74, 6) is 0. The van der Waals surface area contributed by atoms with Crippen LogP contribution in [-0.4, -0.2) is 25.1 Å². The second-order valence-electron chi connectivity index (χ2n) is 6.55. The van der Waals surface area contributed by atoms with Crippen molar-refractivity contribution in [2.75, 3.05) is 0 Å². The first-order valence-corrected chi connectivity index (χ1v) is 8.78. The molecule has 0 amide bonds. The first kappa shape index (κ1) is 15.5. The summed E-state index contributed by atoms with van der Waals surface area (Å²) < 4.78 is 0. The van der Waals surface area contributed by atoms with Crippen LogP contribution in [0.3, 0.4) is 0 Å². The minimum absolute atomic E-state index is 0.876. The van der Waals surface area contributed by atoms with E-state index in [1.807, 2.05) is 24.5 Å². The van der Waals surface area contributed by atoms with Gasteiger partial charge in [-0.2, -0.15) is 5.10 Å². The number of hydrogen-bond acceptors (Lipinski definition) is 3. The Balaban J connectivity index is 1.60. The highest BCUT2D eigenvalue weighted by atomic mass is 15.1. The summed E-state index contributed by atoms with van der Waals surface area (Å²) in [5.41, 5.74) is 8.37. The maximum Gasteiger partial charge on any atom is 0.109 e. The molecule has 0 aliphatic heterocycles. The van der Waals surface area contributed by atoms with Crippen molar-refractivity contribution in [3.8, 4) is 33.8 Å². The van der Waals surface area contributed by atoms with E-state index in [2.05, 4.69) is 68.5 Å². The zero-order chi connectivity index (χ0) is 18.2. The number of benzene rings is 1. The zero-order valence-electron chi connectivity index (χ0n) is 14.8. The lowest BCUT2D eigenvalue weighted by Crippen LogP contribution is -1.84. The van der Waals surface area contributed by atoms with E-state index < -0.39 is 0 Å². The Bertz CT molecular complexity index is 1230. The summed E-state index contributed by atoms with van der Waals surface area (Å²) in [7, 11) is 0. The van der Waals surface area contributed by atoms with Gasteiger partial charge >= 0.3 is 0 Å². The number of aromatic amines is 2. The molecule has 5 rings (SSSR count). The van der Waals surface area contributed by atoms with Gasteiger partial charge in [0.05, 0.1) is 11.4 Å². The molecular weight excluding hydrogens is 334 g/mol. The molecule has 0 bridgehead atoms. The number of aromatic nitrogens is 5. The Labute approximate surface area is 156 Å². The minimum atomic E-state index is 0.876. The standard InChI is InChI=1S/C22H17N5/c1-14-7-9-24-13-18(14)20-11-22(27-26-20)21-10-17-16(5-2-6-19(17)25-21)15-4-3-8-23-12-15/h2-13,25H,1H3,(H,26,27). The summed E-state index contributed by atoms with van der Waals surface area (Å²) >= 11 is 0. The van der Waals surface area contributed by atoms with E-state index in [4.69, 9.17) is 0 Å². The molecule has 2 N–H and O–H groups in total. The second kappa shape index (κ2) is 6.21. The Hall–Kier alpha value is -3.73. The minimum Gasteiger partial charge on any atom is -0.353 e. The number of pyridine rings is 2. The van der Waals surface area contributed by atoms with Crippen LogP contribution in [0.4, 0.5) is 0 Å². The fourth-order valence-electron chi connectivity index (χ4n) is 3.41. The number of aryl methyl sites for hydroxylation is 1. The van der Waals surface area contributed by atoms with Crippen LogP contribution >= 0.6 is 0 Å². The van der Waals surface area contributed by atoms with Gasteiger partial charge in [-0.15, -0.1) is 0 Å². The Morgan fingerprint density at radius 3 is 2.59 bits per heavy atom. The molecule has 0 aliphatic carbocycles. The molecule has 5 aromatic rings. The van der Waals surface area contributed by atoms with Gasteiger partial charge in [0, 0.05) is 46.8 Å². The summed E-state index contributed by atoms with van der Waals surface area (Å²) in [5, 5.41) is 8.79. The van der Waals surface area contributed by atoms with Crippen LogP contribution in [0.15, 0.2) is 73.3 Å². The average Bonchev–Trinajstić information content (AvgIpc) is 3.36. The van der Waals surface area contributed by atoms with Gasteiger partial charge in [-0.25, -0.2) is 0 Å². The van der Waals surface area contributed by atoms with E-state index in [1.165, 1.54) is 0 Å². The number of fused-ring (bicyclic) bond motifs is 1. The second-order valence-corrected chi connectivity index (χ2v) is 6.55. The van der Waals surface area contributed by atoms with Crippen molar-refractivity contribution in [2.24, 2.45) is 0 Å². The number of nitrogens with one attached hydrogen (secondary N) is 2. The molecule has 27 heavy (non-hydrogen) atoms. The molecule has 0 fully saturated rings. The molecule has 4 heterocycles. The van der Waals surface area contributed by atoms with Crippen LogP contribution in [0.1, 0.15) is 5.56 Å². The normalized spacial score (nSPS) is 11.1. The summed E-state index contributed by atoms with van der Waals surface area (Å²) in [4.78, 5) is 11.9. The van der Waals surface area contributed by atoms with Crippen molar-refractivity contribution in [1.29, 1.82) is 0 Å². The summed E-state index contributed by atoms with van der Waals surface area (Å²) in [6.45, 7) is 2.07. The molecule has 0 unspecified atom stereocenters. The maximum absolute atomic E-state index is 4.51. The van der Waals surface area contributed by atoms with E-state index in [0.29, 0.717) is 0 Å². The molecule has 5 heteroatoms. The Morgan fingerprint density at radius 1 is 0.815 bits per heavy atom. The van der Waals surface area contributed by atoms with Gasteiger partial charge in [-0.05, 0) is 48.4 Å². The van der Waals surface area contributed by atoms with Gasteiger partial charge in [0.2, 0.25) is 0 Å². The third-order valence-electron chi connectivity index (χ3n) is 4.82. The lowest BCUT2D eigenvalue weighted by molar-refractivity contribution is 1.09. The van der Waals surface area contributed by atoms with Crippen molar-refractivity contribution in [1.82, 2.24) is 25.1 Å². The van der Waals surface area contributed by atoms with Crippen LogP contribution in [0, 0.1) is 6.92 Å². The van der Waals surface area contributed by atoms with Gasteiger partial charge in [0.25, 0.3) is 0 Å². The van der Waals surface area contributed by atoms with Gasteiger partial charge in [0.15, 0.2) is 0 Å². The summed E-state index contributed by atoms with van der Waals surface area (Å²) in [6.07, 6.45) is 7.34. The molecule has 4 aromatic heterocycles. The molecule has 130 valence electrons. The molecule has 0 aliphatic rings. The van der Waals surface area contributed by atoms with Crippen LogP contribution < -0.4 is 0 Å². The van der Waals surface area contributed by atoms with E-state index in [1.54, 1.807) is 12.4 Å². The number of H-pyrrole nitrogens is 2. The number of hydrogen-bond donors (Lipinski definition) is 2. The van der Waals surface area contributed by atoms with Gasteiger partial charge < -0.3 is 4.98 Å². The predicted molar refractivity (Wildman–Crippen MR) is 107 cm³/mol. The number of nitrogens with zero attached hydrogens (tertiary/aromatic N) is 3. The first-order chi connectivity index (χ1) is 13.3. The highest BCUT2D eigenvalue weighted by Gasteiger charge is 2.12. The van der Waals surface area contributed by atoms with Gasteiger partial charge in [-0.3, -0.25) is 15.1 Å². The molecule has 1 aromatic carbocycles. The van der Waals surface area contributed by atoms with Gasteiger partial charge in [0.1, 0.15) is 5.69 Å². The lowest BCUT2D eigenvalue weighted by Gasteiger charge is -2.02. The molecule has 0 radical (unpaired) electrons. The first-order valence-electron chi connectivity index (χ1n) is 8.78. The number of rotatable bonds is 3. The molecular formula is C22H17N5. The Morgan fingerprint density at radius 2 is 1.74 bits per heavy atom. The predicted octanol–water partition coefficient (Wildman–Crippen LogP) is 4.99. The third kappa shape index (κ3) is 2.69. The largest absolute Gasteiger partial charge is 0.353 e. The average molecular weight is 351 g/mol. The van der Waals surface area contributed by atoms with Crippen LogP contribution in [0.5, 0.6) is 0 Å². The molecule has 5 nitrogen and oxygen atoms in total. The van der Waals surface area contributed by atoms with Crippen LogP contribution in [0.25, 0.3) is 44.7 Å². The van der Waals surface area contributed by atoms with Crippen molar-refractivity contribution in [3.63, 3.8) is 0 Å². The van der Waals surface area contributed by atoms with Crippen LogP contribution in [-0.2, 0) is 0 Å². The third-order valence-corrected chi connectivity index (χ3v) is 4.82. The van der Waals surface area contributed by atoms with Crippen LogP contribution in [0.2, 0.25) is 0 Å². The van der Waals surface area contributed by atoms with E-state index >= 15 is 0 Å². The molecule has 0 spiro atoms. The summed E-state index contributed by atoms with van der Waals surface area (Å²) in [6, 6.07) is 16.5. The fourth-order valence-corrected chi connectivity index (χ4v) is 3.41. The highest BCUT2D eigenvalue weighted by molar-refractivity contribution is 5.97. The highest BCUT2D eigenvalue weighted by Crippen LogP contribution is 2.32.